The smallest absolute Gasteiger partial charge is 0.236 e. The van der Waals surface area contributed by atoms with Gasteiger partial charge in [-0.05, 0) is 38.3 Å². The van der Waals surface area contributed by atoms with Crippen LogP contribution in [-0.4, -0.2) is 31.2 Å². The second-order valence-corrected chi connectivity index (χ2v) is 6.93. The predicted molar refractivity (Wildman–Crippen MR) is 72.0 cm³/mol. The van der Waals surface area contributed by atoms with E-state index in [0.29, 0.717) is 18.3 Å². The monoisotopic (exact) mass is 269 g/mol. The Morgan fingerprint density at radius 3 is 2.83 bits per heavy atom. The number of rotatable bonds is 6. The second kappa shape index (κ2) is 5.24. The largest absolute Gasteiger partial charge is 0.313 e. The maximum absolute atomic E-state index is 12.1. The Labute approximate surface area is 108 Å². The summed E-state index contributed by atoms with van der Waals surface area (Å²) in [5.74, 6) is 0. The first-order valence-corrected chi connectivity index (χ1v) is 7.69. The molecule has 6 heteroatoms. The minimum absolute atomic E-state index is 0.453. The zero-order valence-corrected chi connectivity index (χ0v) is 11.5. The molecule has 0 aromatic carbocycles. The highest BCUT2D eigenvalue weighted by atomic mass is 32.2. The summed E-state index contributed by atoms with van der Waals surface area (Å²) >= 11 is 0. The molecule has 0 amide bonds. The number of hydrogen-bond donors (Lipinski definition) is 2. The molecule has 1 aromatic heterocycles. The van der Waals surface area contributed by atoms with E-state index >= 15 is 0 Å². The number of pyridine rings is 1. The van der Waals surface area contributed by atoms with E-state index in [1.165, 1.54) is 0 Å². The first kappa shape index (κ1) is 13.3. The van der Waals surface area contributed by atoms with Crippen LogP contribution in [0, 0.1) is 6.92 Å². The van der Waals surface area contributed by atoms with Gasteiger partial charge in [-0.25, -0.2) is 8.42 Å². The molecule has 0 aliphatic heterocycles. The van der Waals surface area contributed by atoms with Crippen molar-refractivity contribution in [1.29, 1.82) is 0 Å². The lowest BCUT2D eigenvalue weighted by Gasteiger charge is -2.16. The Kier molecular flexibility index (Phi) is 3.87. The molecule has 0 bridgehead atoms. The van der Waals surface area contributed by atoms with Gasteiger partial charge in [0.2, 0.25) is 10.0 Å². The molecule has 1 atom stereocenters. The van der Waals surface area contributed by atoms with Gasteiger partial charge in [-0.3, -0.25) is 9.71 Å². The molecule has 1 aliphatic rings. The van der Waals surface area contributed by atoms with E-state index in [2.05, 4.69) is 15.0 Å². The number of anilines is 1. The fraction of sp³-hybridized carbons (Fsp3) is 0.583. The van der Waals surface area contributed by atoms with Gasteiger partial charge in [0.15, 0.2) is 0 Å². The molecular weight excluding hydrogens is 250 g/mol. The maximum atomic E-state index is 12.1. The van der Waals surface area contributed by atoms with Crippen molar-refractivity contribution in [2.75, 3.05) is 11.3 Å². The maximum Gasteiger partial charge on any atom is 0.236 e. The van der Waals surface area contributed by atoms with E-state index in [1.54, 1.807) is 25.4 Å². The normalized spacial score (nSPS) is 17.4. The van der Waals surface area contributed by atoms with Gasteiger partial charge in [-0.1, -0.05) is 0 Å². The van der Waals surface area contributed by atoms with Crippen molar-refractivity contribution in [2.45, 2.75) is 38.0 Å². The molecule has 1 unspecified atom stereocenters. The first-order valence-electron chi connectivity index (χ1n) is 6.14. The third-order valence-corrected chi connectivity index (χ3v) is 4.80. The van der Waals surface area contributed by atoms with Crippen molar-refractivity contribution in [3.8, 4) is 0 Å². The molecule has 1 fully saturated rings. The number of sulfonamides is 1. The third kappa shape index (κ3) is 3.43. The van der Waals surface area contributed by atoms with Crippen LogP contribution in [0.1, 0.15) is 25.3 Å². The van der Waals surface area contributed by atoms with Crippen LogP contribution in [0.25, 0.3) is 0 Å². The van der Waals surface area contributed by atoms with Gasteiger partial charge < -0.3 is 5.32 Å². The van der Waals surface area contributed by atoms with Crippen LogP contribution in [-0.2, 0) is 10.0 Å². The molecule has 0 spiro atoms. The zero-order valence-electron chi connectivity index (χ0n) is 10.7. The molecule has 1 aromatic rings. The summed E-state index contributed by atoms with van der Waals surface area (Å²) in [6.45, 7) is 4.04. The van der Waals surface area contributed by atoms with Gasteiger partial charge >= 0.3 is 0 Å². The average molecular weight is 269 g/mol. The quantitative estimate of drug-likeness (QED) is 0.816. The van der Waals surface area contributed by atoms with Gasteiger partial charge in [-0.15, -0.1) is 0 Å². The van der Waals surface area contributed by atoms with E-state index in [-0.39, 0.29) is 0 Å². The highest BCUT2D eigenvalue weighted by Gasteiger charge is 2.25. The topological polar surface area (TPSA) is 71.1 Å². The van der Waals surface area contributed by atoms with Crippen molar-refractivity contribution in [3.63, 3.8) is 0 Å². The van der Waals surface area contributed by atoms with Crippen molar-refractivity contribution >= 4 is 15.7 Å². The van der Waals surface area contributed by atoms with E-state index in [0.717, 1.165) is 18.4 Å². The van der Waals surface area contributed by atoms with Gasteiger partial charge in [0.05, 0.1) is 10.9 Å². The summed E-state index contributed by atoms with van der Waals surface area (Å²) in [6.07, 6.45) is 5.54. The number of nitrogens with zero attached hydrogens (tertiary/aromatic N) is 1. The summed E-state index contributed by atoms with van der Waals surface area (Å²) < 4.78 is 26.8. The number of aryl methyl sites for hydroxylation is 1. The number of hydrogen-bond acceptors (Lipinski definition) is 4. The Morgan fingerprint density at radius 2 is 2.22 bits per heavy atom. The van der Waals surface area contributed by atoms with Crippen molar-refractivity contribution < 1.29 is 8.42 Å². The minimum Gasteiger partial charge on any atom is -0.313 e. The summed E-state index contributed by atoms with van der Waals surface area (Å²) in [5, 5.41) is 2.78. The van der Waals surface area contributed by atoms with Gasteiger partial charge in [0.25, 0.3) is 0 Å². The lowest BCUT2D eigenvalue weighted by Crippen LogP contribution is -2.35. The van der Waals surface area contributed by atoms with Crippen LogP contribution in [0.3, 0.4) is 0 Å². The average Bonchev–Trinajstić information content (AvgIpc) is 3.12. The third-order valence-electron chi connectivity index (χ3n) is 3.07. The minimum atomic E-state index is -3.34. The standard InChI is InChI=1S/C12H19N3O2S/c1-9-7-13-6-5-12(9)15-18(16,17)10(2)8-14-11-3-4-11/h5-7,10-11,14H,3-4,8H2,1-2H3,(H,13,15). The van der Waals surface area contributed by atoms with Gasteiger partial charge in [-0.2, -0.15) is 0 Å². The highest BCUT2D eigenvalue weighted by Crippen LogP contribution is 2.19. The molecule has 2 rings (SSSR count). The first-order chi connectivity index (χ1) is 8.49. The fourth-order valence-electron chi connectivity index (χ4n) is 1.57. The van der Waals surface area contributed by atoms with E-state index < -0.39 is 15.3 Å². The molecular formula is C12H19N3O2S. The Hall–Kier alpha value is -1.14. The summed E-state index contributed by atoms with van der Waals surface area (Å²) in [6, 6.07) is 2.19. The molecule has 1 saturated carbocycles. The van der Waals surface area contributed by atoms with E-state index in [9.17, 15) is 8.42 Å². The number of aromatic nitrogens is 1. The predicted octanol–water partition coefficient (Wildman–Crippen LogP) is 1.27. The Morgan fingerprint density at radius 1 is 1.50 bits per heavy atom. The lowest BCUT2D eigenvalue weighted by molar-refractivity contribution is 0.576. The van der Waals surface area contributed by atoms with Crippen LogP contribution in [0.15, 0.2) is 18.5 Å². The lowest BCUT2D eigenvalue weighted by atomic mass is 10.3. The summed E-state index contributed by atoms with van der Waals surface area (Å²) in [7, 11) is -3.34. The van der Waals surface area contributed by atoms with E-state index in [4.69, 9.17) is 0 Å². The molecule has 0 saturated heterocycles. The molecule has 18 heavy (non-hydrogen) atoms. The second-order valence-electron chi connectivity index (χ2n) is 4.83. The summed E-state index contributed by atoms with van der Waals surface area (Å²) in [5.41, 5.74) is 1.42. The van der Waals surface area contributed by atoms with Crippen molar-refractivity contribution in [1.82, 2.24) is 10.3 Å². The van der Waals surface area contributed by atoms with Crippen LogP contribution in [0.4, 0.5) is 5.69 Å². The van der Waals surface area contributed by atoms with Crippen LogP contribution >= 0.6 is 0 Å². The Bertz CT molecular complexity index is 512. The molecule has 1 heterocycles. The summed E-state index contributed by atoms with van der Waals surface area (Å²) in [4.78, 5) is 3.94. The van der Waals surface area contributed by atoms with Crippen LogP contribution in [0.5, 0.6) is 0 Å². The molecule has 5 nitrogen and oxygen atoms in total. The highest BCUT2D eigenvalue weighted by molar-refractivity contribution is 7.93. The van der Waals surface area contributed by atoms with Gasteiger partial charge in [0.1, 0.15) is 0 Å². The van der Waals surface area contributed by atoms with Crippen molar-refractivity contribution in [3.05, 3.63) is 24.0 Å². The van der Waals surface area contributed by atoms with Gasteiger partial charge in [0, 0.05) is 25.0 Å². The molecule has 1 aliphatic carbocycles. The van der Waals surface area contributed by atoms with Crippen molar-refractivity contribution in [2.24, 2.45) is 0 Å². The molecule has 2 N–H and O–H groups in total. The fourth-order valence-corrected chi connectivity index (χ4v) is 2.62. The van der Waals surface area contributed by atoms with E-state index in [1.807, 2.05) is 6.92 Å². The molecule has 0 radical (unpaired) electrons. The SMILES string of the molecule is Cc1cnccc1NS(=O)(=O)C(C)CNC1CC1. The number of nitrogens with one attached hydrogen (secondary N) is 2. The Balaban J connectivity index is 1.99. The van der Waals surface area contributed by atoms with Crippen LogP contribution in [0.2, 0.25) is 0 Å². The molecule has 100 valence electrons. The zero-order chi connectivity index (χ0) is 13.2. The van der Waals surface area contributed by atoms with Crippen LogP contribution < -0.4 is 10.0 Å².